The average molecular weight is 727 g/mol. The average Bonchev–Trinajstić information content (AvgIpc) is 3.61. The fourth-order valence-electron chi connectivity index (χ4n) is 8.94. The van der Waals surface area contributed by atoms with E-state index in [2.05, 4.69) is 229 Å². The summed E-state index contributed by atoms with van der Waals surface area (Å²) in [6.07, 6.45) is 0. The van der Waals surface area contributed by atoms with Crippen molar-refractivity contribution in [3.63, 3.8) is 0 Å². The molecule has 11 aromatic rings. The molecule has 0 bridgehead atoms. The second-order valence-electron chi connectivity index (χ2n) is 15.0. The number of hydrogen-bond acceptors (Lipinski definition) is 1. The Morgan fingerprint density at radius 1 is 0.298 bits per heavy atom. The molecule has 2 heteroatoms. The summed E-state index contributed by atoms with van der Waals surface area (Å²) in [5, 5.41) is 10.2. The zero-order valence-electron chi connectivity index (χ0n) is 31.6. The van der Waals surface area contributed by atoms with E-state index in [1.807, 2.05) is 0 Å². The molecule has 0 radical (unpaired) electrons. The van der Waals surface area contributed by atoms with Crippen molar-refractivity contribution in [2.24, 2.45) is 0 Å². The second-order valence-corrected chi connectivity index (χ2v) is 15.0. The molecule has 1 aromatic heterocycles. The number of fused-ring (bicyclic) bond motifs is 9. The monoisotopic (exact) mass is 726 g/mol. The first-order valence-corrected chi connectivity index (χ1v) is 19.7. The fourth-order valence-corrected chi connectivity index (χ4v) is 8.94. The molecule has 268 valence electrons. The first-order chi connectivity index (χ1) is 28.2. The van der Waals surface area contributed by atoms with Crippen LogP contribution in [0.4, 0.5) is 17.1 Å². The molecule has 0 saturated carbocycles. The van der Waals surface area contributed by atoms with Gasteiger partial charge in [-0.1, -0.05) is 146 Å². The van der Waals surface area contributed by atoms with Gasteiger partial charge >= 0.3 is 0 Å². The van der Waals surface area contributed by atoms with Crippen LogP contribution in [0.1, 0.15) is 5.56 Å². The van der Waals surface area contributed by atoms with Crippen LogP contribution in [0.5, 0.6) is 0 Å². The van der Waals surface area contributed by atoms with Crippen LogP contribution in [0.2, 0.25) is 0 Å². The number of rotatable bonds is 6. The highest BCUT2D eigenvalue weighted by Gasteiger charge is 2.17. The number of nitrogens with zero attached hydrogens (tertiary/aromatic N) is 2. The smallest absolute Gasteiger partial charge is 0.0541 e. The van der Waals surface area contributed by atoms with E-state index in [9.17, 15) is 0 Å². The topological polar surface area (TPSA) is 8.17 Å². The molecule has 0 amide bonds. The maximum absolute atomic E-state index is 2.40. The maximum atomic E-state index is 2.40. The van der Waals surface area contributed by atoms with Crippen molar-refractivity contribution in [3.05, 3.63) is 218 Å². The summed E-state index contributed by atoms with van der Waals surface area (Å²) in [6.45, 7) is 2.16. The summed E-state index contributed by atoms with van der Waals surface area (Å²) in [6, 6.07) is 77.6. The third-order valence-electron chi connectivity index (χ3n) is 11.6. The van der Waals surface area contributed by atoms with E-state index in [-0.39, 0.29) is 0 Å². The van der Waals surface area contributed by atoms with Crippen LogP contribution in [0, 0.1) is 6.92 Å². The van der Waals surface area contributed by atoms with Crippen molar-refractivity contribution in [1.29, 1.82) is 0 Å². The molecule has 0 spiro atoms. The lowest BCUT2D eigenvalue weighted by Gasteiger charge is -2.27. The van der Waals surface area contributed by atoms with Crippen molar-refractivity contribution in [1.82, 2.24) is 4.57 Å². The van der Waals surface area contributed by atoms with Crippen LogP contribution in [0.15, 0.2) is 212 Å². The minimum atomic E-state index is 1.12. The van der Waals surface area contributed by atoms with Gasteiger partial charge < -0.3 is 9.47 Å². The zero-order chi connectivity index (χ0) is 37.9. The number of benzene rings is 10. The Bertz CT molecular complexity index is 3260. The molecule has 1 heterocycles. The summed E-state index contributed by atoms with van der Waals surface area (Å²) in [5.41, 5.74) is 13.0. The molecule has 0 atom stereocenters. The van der Waals surface area contributed by atoms with Crippen molar-refractivity contribution < 1.29 is 0 Å². The van der Waals surface area contributed by atoms with Crippen molar-refractivity contribution in [3.8, 4) is 27.9 Å². The Hall–Kier alpha value is -7.42. The molecule has 0 unspecified atom stereocenters. The van der Waals surface area contributed by atoms with E-state index in [0.29, 0.717) is 0 Å². The summed E-state index contributed by atoms with van der Waals surface area (Å²) in [4.78, 5) is 2.39. The van der Waals surface area contributed by atoms with Crippen molar-refractivity contribution in [2.45, 2.75) is 6.92 Å². The number of aromatic nitrogens is 1. The first-order valence-electron chi connectivity index (χ1n) is 19.7. The maximum Gasteiger partial charge on any atom is 0.0541 e. The molecule has 2 nitrogen and oxygen atoms in total. The van der Waals surface area contributed by atoms with Crippen LogP contribution in [-0.4, -0.2) is 4.57 Å². The van der Waals surface area contributed by atoms with Gasteiger partial charge in [0, 0.05) is 33.5 Å². The third-order valence-corrected chi connectivity index (χ3v) is 11.6. The normalized spacial score (nSPS) is 11.6. The van der Waals surface area contributed by atoms with Gasteiger partial charge in [-0.3, -0.25) is 0 Å². The summed E-state index contributed by atoms with van der Waals surface area (Å²) < 4.78 is 2.40. The van der Waals surface area contributed by atoms with Crippen LogP contribution in [-0.2, 0) is 0 Å². The predicted molar refractivity (Wildman–Crippen MR) is 244 cm³/mol. The number of hydrogen-bond donors (Lipinski definition) is 0. The first kappa shape index (κ1) is 33.0. The van der Waals surface area contributed by atoms with Crippen LogP contribution in [0.25, 0.3) is 82.1 Å². The molecule has 0 aliphatic carbocycles. The number of aryl methyl sites for hydroxylation is 1. The molecular formula is C55H38N2. The van der Waals surface area contributed by atoms with E-state index in [0.717, 1.165) is 22.7 Å². The van der Waals surface area contributed by atoms with Gasteiger partial charge in [0.25, 0.3) is 0 Å². The van der Waals surface area contributed by atoms with Crippen LogP contribution >= 0.6 is 0 Å². The largest absolute Gasteiger partial charge is 0.310 e. The van der Waals surface area contributed by atoms with Gasteiger partial charge in [0.05, 0.1) is 11.0 Å². The predicted octanol–water partition coefficient (Wildman–Crippen LogP) is 15.4. The molecule has 0 saturated heterocycles. The summed E-state index contributed by atoms with van der Waals surface area (Å²) in [5.74, 6) is 0. The van der Waals surface area contributed by atoms with Gasteiger partial charge in [-0.2, -0.15) is 0 Å². The molecule has 11 rings (SSSR count). The Labute approximate surface area is 332 Å². The molecule has 0 N–H and O–H groups in total. The van der Waals surface area contributed by atoms with E-state index in [1.54, 1.807) is 0 Å². The Morgan fingerprint density at radius 2 is 0.825 bits per heavy atom. The standard InChI is InChI=1S/C55H38N2/c1-37-13-11-17-43(33-37)56(45-30-31-50-48-21-6-5-19-46(48)47-20-7-8-22-49(47)52(50)36-45)42-28-25-39(26-29-42)41-27-32-55-53(35-41)51-23-9-10-24-54(51)57(55)44-18-12-16-40(34-44)38-14-3-2-4-15-38/h2-36H,1H3. The quantitative estimate of drug-likeness (QED) is 0.155. The molecular weight excluding hydrogens is 689 g/mol. The second kappa shape index (κ2) is 13.4. The van der Waals surface area contributed by atoms with Gasteiger partial charge in [-0.05, 0) is 134 Å². The van der Waals surface area contributed by atoms with Crippen LogP contribution < -0.4 is 4.90 Å². The zero-order valence-corrected chi connectivity index (χ0v) is 31.6. The minimum Gasteiger partial charge on any atom is -0.310 e. The van der Waals surface area contributed by atoms with E-state index >= 15 is 0 Å². The molecule has 10 aromatic carbocycles. The van der Waals surface area contributed by atoms with Gasteiger partial charge in [0.1, 0.15) is 0 Å². The van der Waals surface area contributed by atoms with Crippen LogP contribution in [0.3, 0.4) is 0 Å². The molecule has 0 fully saturated rings. The highest BCUT2D eigenvalue weighted by Crippen LogP contribution is 2.42. The SMILES string of the molecule is Cc1cccc(N(c2ccc(-c3ccc4c(c3)c3ccccc3n4-c3cccc(-c4ccccc4)c3)cc2)c2ccc3c4ccccc4c4ccccc4c3c2)c1. The summed E-state index contributed by atoms with van der Waals surface area (Å²) >= 11 is 0. The van der Waals surface area contributed by atoms with Gasteiger partial charge in [-0.25, -0.2) is 0 Å². The lowest BCUT2D eigenvalue weighted by atomic mass is 9.94. The lowest BCUT2D eigenvalue weighted by molar-refractivity contribution is 1.18. The van der Waals surface area contributed by atoms with Crippen molar-refractivity contribution >= 4 is 71.2 Å². The van der Waals surface area contributed by atoms with Gasteiger partial charge in [-0.15, -0.1) is 0 Å². The molecule has 0 aliphatic heterocycles. The highest BCUT2D eigenvalue weighted by atomic mass is 15.1. The lowest BCUT2D eigenvalue weighted by Crippen LogP contribution is -2.10. The molecule has 0 aliphatic rings. The fraction of sp³-hybridized carbons (Fsp3) is 0.0182. The highest BCUT2D eigenvalue weighted by molar-refractivity contribution is 6.25. The number of para-hydroxylation sites is 1. The summed E-state index contributed by atoms with van der Waals surface area (Å²) in [7, 11) is 0. The Morgan fingerprint density at radius 3 is 1.56 bits per heavy atom. The minimum absolute atomic E-state index is 1.12. The van der Waals surface area contributed by atoms with E-state index < -0.39 is 0 Å². The Balaban J connectivity index is 1.02. The van der Waals surface area contributed by atoms with Gasteiger partial charge in [0.2, 0.25) is 0 Å². The molecule has 57 heavy (non-hydrogen) atoms. The third kappa shape index (κ3) is 5.57. The van der Waals surface area contributed by atoms with Crippen molar-refractivity contribution in [2.75, 3.05) is 4.90 Å². The Kier molecular flexibility index (Phi) is 7.75. The number of anilines is 3. The van der Waals surface area contributed by atoms with E-state index in [4.69, 9.17) is 0 Å². The van der Waals surface area contributed by atoms with E-state index in [1.165, 1.54) is 81.9 Å². The van der Waals surface area contributed by atoms with Gasteiger partial charge in [0.15, 0.2) is 0 Å².